The topological polar surface area (TPSA) is 63.2 Å². The van der Waals surface area contributed by atoms with E-state index in [1.807, 2.05) is 6.07 Å². The Morgan fingerprint density at radius 1 is 0.750 bits per heavy atom. The minimum Gasteiger partial charge on any atom is -0.234 e. The van der Waals surface area contributed by atoms with Crippen molar-refractivity contribution in [3.8, 4) is 0 Å². The molecule has 1 heterocycles. The largest absolute Gasteiger partial charge is 0.266 e. The molecular weight excluding hydrogens is 370 g/mol. The fourth-order valence-electron chi connectivity index (χ4n) is 3.21. The lowest BCUT2D eigenvalue weighted by Crippen LogP contribution is -2.33. The number of rotatable bonds is 14. The maximum atomic E-state index is 13.1. The summed E-state index contributed by atoms with van der Waals surface area (Å²) in [5, 5.41) is 0. The van der Waals surface area contributed by atoms with Gasteiger partial charge in [0.25, 0.3) is 10.0 Å². The Balaban J connectivity index is 1.85. The van der Waals surface area contributed by atoms with Gasteiger partial charge in [-0.05, 0) is 24.6 Å². The SMILES string of the molecule is CCCCCCCCCCCCN(c1ncccn1)S(=O)(=O)c1ccccc1. The van der Waals surface area contributed by atoms with Gasteiger partial charge in [0.1, 0.15) is 0 Å². The van der Waals surface area contributed by atoms with Crippen molar-refractivity contribution in [2.45, 2.75) is 76.0 Å². The average molecular weight is 404 g/mol. The molecule has 0 saturated heterocycles. The molecule has 5 nitrogen and oxygen atoms in total. The number of benzene rings is 1. The number of hydrogen-bond donors (Lipinski definition) is 0. The van der Waals surface area contributed by atoms with Crippen molar-refractivity contribution in [3.05, 3.63) is 48.8 Å². The molecule has 1 aromatic heterocycles. The van der Waals surface area contributed by atoms with Crippen molar-refractivity contribution < 1.29 is 8.42 Å². The molecule has 0 bridgehead atoms. The van der Waals surface area contributed by atoms with E-state index in [1.54, 1.807) is 42.7 Å². The first-order valence-electron chi connectivity index (χ1n) is 10.5. The van der Waals surface area contributed by atoms with Gasteiger partial charge in [0.2, 0.25) is 5.95 Å². The van der Waals surface area contributed by atoms with Crippen LogP contribution in [0.2, 0.25) is 0 Å². The lowest BCUT2D eigenvalue weighted by molar-refractivity contribution is 0.554. The lowest BCUT2D eigenvalue weighted by Gasteiger charge is -2.22. The molecule has 2 rings (SSSR count). The van der Waals surface area contributed by atoms with Gasteiger partial charge in [-0.1, -0.05) is 82.9 Å². The summed E-state index contributed by atoms with van der Waals surface area (Å²) in [6, 6.07) is 10.2. The van der Waals surface area contributed by atoms with Gasteiger partial charge in [-0.15, -0.1) is 0 Å². The maximum absolute atomic E-state index is 13.1. The third-order valence-corrected chi connectivity index (χ3v) is 6.62. The molecule has 1 aromatic carbocycles. The Bertz CT molecular complexity index is 752. The monoisotopic (exact) mass is 403 g/mol. The van der Waals surface area contributed by atoms with E-state index >= 15 is 0 Å². The van der Waals surface area contributed by atoms with Crippen LogP contribution in [-0.4, -0.2) is 24.9 Å². The molecule has 0 fully saturated rings. The molecule has 6 heteroatoms. The first-order chi connectivity index (χ1) is 13.7. The van der Waals surface area contributed by atoms with E-state index < -0.39 is 10.0 Å². The fraction of sp³-hybridized carbons (Fsp3) is 0.545. The van der Waals surface area contributed by atoms with Crippen LogP contribution in [0.3, 0.4) is 0 Å². The normalized spacial score (nSPS) is 11.5. The van der Waals surface area contributed by atoms with Gasteiger partial charge in [0.15, 0.2) is 0 Å². The van der Waals surface area contributed by atoms with Crippen LogP contribution in [0.5, 0.6) is 0 Å². The van der Waals surface area contributed by atoms with Gasteiger partial charge in [0, 0.05) is 18.9 Å². The van der Waals surface area contributed by atoms with E-state index in [0.717, 1.165) is 19.3 Å². The summed E-state index contributed by atoms with van der Waals surface area (Å²) < 4.78 is 27.5. The van der Waals surface area contributed by atoms with Gasteiger partial charge >= 0.3 is 0 Å². The predicted octanol–water partition coefficient (Wildman–Crippen LogP) is 5.59. The Morgan fingerprint density at radius 2 is 1.29 bits per heavy atom. The zero-order valence-electron chi connectivity index (χ0n) is 17.0. The Kier molecular flexibility index (Phi) is 9.97. The van der Waals surface area contributed by atoms with Crippen molar-refractivity contribution in [2.24, 2.45) is 0 Å². The Labute approximate surface area is 170 Å². The molecule has 0 N–H and O–H groups in total. The van der Waals surface area contributed by atoms with E-state index in [2.05, 4.69) is 16.9 Å². The van der Waals surface area contributed by atoms with E-state index in [-0.39, 0.29) is 10.8 Å². The van der Waals surface area contributed by atoms with Gasteiger partial charge in [0.05, 0.1) is 4.90 Å². The molecule has 0 saturated carbocycles. The van der Waals surface area contributed by atoms with E-state index in [0.29, 0.717) is 6.54 Å². The number of nitrogens with zero attached hydrogens (tertiary/aromatic N) is 3. The van der Waals surface area contributed by atoms with Crippen molar-refractivity contribution in [1.29, 1.82) is 0 Å². The highest BCUT2D eigenvalue weighted by Gasteiger charge is 2.26. The fourth-order valence-corrected chi connectivity index (χ4v) is 4.64. The molecule has 28 heavy (non-hydrogen) atoms. The molecule has 0 aliphatic rings. The van der Waals surface area contributed by atoms with Gasteiger partial charge in [-0.2, -0.15) is 0 Å². The standard InChI is InChI=1S/C22H33N3O2S/c1-2-3-4-5-6-7-8-9-10-14-20-25(22-23-18-15-19-24-22)28(26,27)21-16-12-11-13-17-21/h11-13,15-19H,2-10,14,20H2,1H3. The molecule has 154 valence electrons. The highest BCUT2D eigenvalue weighted by molar-refractivity contribution is 7.92. The third-order valence-electron chi connectivity index (χ3n) is 4.82. The van der Waals surface area contributed by atoms with E-state index in [4.69, 9.17) is 0 Å². The highest BCUT2D eigenvalue weighted by atomic mass is 32.2. The number of hydrogen-bond acceptors (Lipinski definition) is 4. The number of unbranched alkanes of at least 4 members (excludes halogenated alkanes) is 9. The van der Waals surface area contributed by atoms with E-state index in [9.17, 15) is 8.42 Å². The van der Waals surface area contributed by atoms with Crippen LogP contribution in [0, 0.1) is 0 Å². The van der Waals surface area contributed by atoms with Crippen molar-refractivity contribution in [1.82, 2.24) is 9.97 Å². The predicted molar refractivity (Wildman–Crippen MR) is 115 cm³/mol. The summed E-state index contributed by atoms with van der Waals surface area (Å²) in [4.78, 5) is 8.61. The molecule has 0 aliphatic carbocycles. The van der Waals surface area contributed by atoms with E-state index in [1.165, 1.54) is 49.3 Å². The van der Waals surface area contributed by atoms with Crippen molar-refractivity contribution >= 4 is 16.0 Å². The van der Waals surface area contributed by atoms with Crippen molar-refractivity contribution in [3.63, 3.8) is 0 Å². The molecule has 0 spiro atoms. The molecular formula is C22H33N3O2S. The molecule has 0 amide bonds. The smallest absolute Gasteiger partial charge is 0.234 e. The quantitative estimate of drug-likeness (QED) is 0.386. The zero-order chi connectivity index (χ0) is 20.1. The minimum atomic E-state index is -3.66. The summed E-state index contributed by atoms with van der Waals surface area (Å²) in [5.41, 5.74) is 0. The van der Waals surface area contributed by atoms with Gasteiger partial charge in [-0.25, -0.2) is 22.7 Å². The minimum absolute atomic E-state index is 0.238. The third kappa shape index (κ3) is 7.23. The van der Waals surface area contributed by atoms with Crippen LogP contribution < -0.4 is 4.31 Å². The summed E-state index contributed by atoms with van der Waals surface area (Å²) >= 11 is 0. The second kappa shape index (κ2) is 12.5. The Hall–Kier alpha value is -1.95. The zero-order valence-corrected chi connectivity index (χ0v) is 17.8. The number of anilines is 1. The molecule has 2 aromatic rings. The van der Waals surface area contributed by atoms with Gasteiger partial charge in [-0.3, -0.25) is 0 Å². The van der Waals surface area contributed by atoms with Crippen LogP contribution >= 0.6 is 0 Å². The van der Waals surface area contributed by atoms with Crippen LogP contribution in [0.4, 0.5) is 5.95 Å². The number of aromatic nitrogens is 2. The lowest BCUT2D eigenvalue weighted by atomic mass is 10.1. The first-order valence-corrected chi connectivity index (χ1v) is 11.9. The number of sulfonamides is 1. The summed E-state index contributed by atoms with van der Waals surface area (Å²) in [6.45, 7) is 2.64. The second-order valence-electron chi connectivity index (χ2n) is 7.12. The summed E-state index contributed by atoms with van der Waals surface area (Å²) in [5.74, 6) is 0.238. The summed E-state index contributed by atoms with van der Waals surface area (Å²) in [6.07, 6.45) is 15.2. The van der Waals surface area contributed by atoms with Crippen LogP contribution in [0.15, 0.2) is 53.7 Å². The highest BCUT2D eigenvalue weighted by Crippen LogP contribution is 2.21. The Morgan fingerprint density at radius 3 is 1.86 bits per heavy atom. The van der Waals surface area contributed by atoms with Gasteiger partial charge < -0.3 is 0 Å². The molecule has 0 unspecified atom stereocenters. The van der Waals surface area contributed by atoms with Crippen LogP contribution in [-0.2, 0) is 10.0 Å². The first kappa shape index (κ1) is 22.3. The van der Waals surface area contributed by atoms with Crippen LogP contribution in [0.1, 0.15) is 71.1 Å². The summed E-state index contributed by atoms with van der Waals surface area (Å²) in [7, 11) is -3.66. The van der Waals surface area contributed by atoms with Crippen LogP contribution in [0.25, 0.3) is 0 Å². The second-order valence-corrected chi connectivity index (χ2v) is 8.98. The molecule has 0 atom stereocenters. The van der Waals surface area contributed by atoms with Crippen molar-refractivity contribution in [2.75, 3.05) is 10.8 Å². The molecule has 0 aliphatic heterocycles. The maximum Gasteiger partial charge on any atom is 0.266 e. The average Bonchev–Trinajstić information content (AvgIpc) is 2.73. The molecule has 0 radical (unpaired) electrons.